The van der Waals surface area contributed by atoms with Gasteiger partial charge in [-0.05, 0) is 68.2 Å². The van der Waals surface area contributed by atoms with Gasteiger partial charge in [0.05, 0.1) is 14.2 Å². The van der Waals surface area contributed by atoms with Gasteiger partial charge in [-0.1, -0.05) is 18.2 Å². The molecule has 0 radical (unpaired) electrons. The van der Waals surface area contributed by atoms with Gasteiger partial charge in [-0.15, -0.1) is 0 Å². The van der Waals surface area contributed by atoms with Gasteiger partial charge >= 0.3 is 0 Å². The van der Waals surface area contributed by atoms with Gasteiger partial charge in [-0.25, -0.2) is 0 Å². The summed E-state index contributed by atoms with van der Waals surface area (Å²) < 4.78 is 10.6. The van der Waals surface area contributed by atoms with Gasteiger partial charge in [0.25, 0.3) is 0 Å². The number of nitrogens with two attached hydrogens (primary N) is 1. The van der Waals surface area contributed by atoms with Gasteiger partial charge in [0.15, 0.2) is 11.5 Å². The van der Waals surface area contributed by atoms with Crippen LogP contribution in [0, 0.1) is 6.92 Å². The number of methoxy groups -OCH3 is 2. The molecule has 4 heteroatoms. The van der Waals surface area contributed by atoms with E-state index in [4.69, 9.17) is 15.2 Å². The van der Waals surface area contributed by atoms with Crippen LogP contribution in [-0.4, -0.2) is 32.7 Å². The molecular weight excluding hydrogens is 300 g/mol. The van der Waals surface area contributed by atoms with E-state index in [-0.39, 0.29) is 0 Å². The van der Waals surface area contributed by atoms with Crippen LogP contribution >= 0.6 is 0 Å². The first kappa shape index (κ1) is 18.1. The van der Waals surface area contributed by atoms with Crippen molar-refractivity contribution in [1.29, 1.82) is 0 Å². The Morgan fingerprint density at radius 1 is 0.958 bits per heavy atom. The maximum absolute atomic E-state index is 5.87. The summed E-state index contributed by atoms with van der Waals surface area (Å²) in [5, 5.41) is 0. The first-order valence-electron chi connectivity index (χ1n) is 8.28. The fraction of sp³-hybridized carbons (Fsp3) is 0.400. The lowest BCUT2D eigenvalue weighted by molar-refractivity contribution is 0.319. The van der Waals surface area contributed by atoms with Gasteiger partial charge in [-0.2, -0.15) is 0 Å². The summed E-state index contributed by atoms with van der Waals surface area (Å²) in [6.07, 6.45) is 2.19. The molecular formula is C20H28N2O2. The third-order valence-electron chi connectivity index (χ3n) is 4.24. The zero-order valence-corrected chi connectivity index (χ0v) is 15.1. The van der Waals surface area contributed by atoms with Crippen LogP contribution in [0.5, 0.6) is 11.5 Å². The van der Waals surface area contributed by atoms with Crippen LogP contribution in [0.2, 0.25) is 0 Å². The Labute approximate surface area is 145 Å². The lowest BCUT2D eigenvalue weighted by Crippen LogP contribution is -2.19. The monoisotopic (exact) mass is 328 g/mol. The molecule has 0 bridgehead atoms. The maximum atomic E-state index is 5.87. The van der Waals surface area contributed by atoms with Crippen LogP contribution in [0.4, 0.5) is 5.69 Å². The van der Waals surface area contributed by atoms with E-state index < -0.39 is 0 Å². The van der Waals surface area contributed by atoms with E-state index in [2.05, 4.69) is 37.1 Å². The minimum absolute atomic E-state index is 0.766. The predicted molar refractivity (Wildman–Crippen MR) is 99.8 cm³/mol. The molecule has 0 aliphatic heterocycles. The summed E-state index contributed by atoms with van der Waals surface area (Å²) in [7, 11) is 5.47. The van der Waals surface area contributed by atoms with E-state index in [1.54, 1.807) is 14.2 Å². The number of nitrogen functional groups attached to an aromatic ring is 1. The molecule has 2 aromatic carbocycles. The first-order valence-corrected chi connectivity index (χ1v) is 8.28. The van der Waals surface area contributed by atoms with Crippen LogP contribution < -0.4 is 15.2 Å². The number of nitrogens with zero attached hydrogens (tertiary/aromatic N) is 1. The Hall–Kier alpha value is -2.20. The van der Waals surface area contributed by atoms with Gasteiger partial charge < -0.3 is 20.1 Å². The van der Waals surface area contributed by atoms with Gasteiger partial charge in [0.2, 0.25) is 0 Å². The van der Waals surface area contributed by atoms with E-state index in [9.17, 15) is 0 Å². The smallest absolute Gasteiger partial charge is 0.161 e. The van der Waals surface area contributed by atoms with Crippen LogP contribution in [-0.2, 0) is 13.0 Å². The Balaban J connectivity index is 1.84. The number of rotatable bonds is 8. The summed E-state index contributed by atoms with van der Waals surface area (Å²) in [5.74, 6) is 1.54. The molecule has 0 aromatic heterocycles. The molecule has 130 valence electrons. The third kappa shape index (κ3) is 4.90. The maximum Gasteiger partial charge on any atom is 0.161 e. The summed E-state index contributed by atoms with van der Waals surface area (Å²) in [6.45, 7) is 3.99. The molecule has 0 fully saturated rings. The molecule has 0 amide bonds. The highest BCUT2D eigenvalue weighted by Gasteiger charge is 2.07. The second-order valence-electron chi connectivity index (χ2n) is 6.22. The Bertz CT molecular complexity index is 671. The summed E-state index contributed by atoms with van der Waals surface area (Å²) >= 11 is 0. The fourth-order valence-electron chi connectivity index (χ4n) is 2.82. The van der Waals surface area contributed by atoms with E-state index in [1.165, 1.54) is 11.1 Å². The van der Waals surface area contributed by atoms with Crippen molar-refractivity contribution >= 4 is 5.69 Å². The van der Waals surface area contributed by atoms with Gasteiger partial charge in [0, 0.05) is 12.2 Å². The zero-order chi connectivity index (χ0) is 17.5. The van der Waals surface area contributed by atoms with E-state index in [0.29, 0.717) is 0 Å². The van der Waals surface area contributed by atoms with E-state index >= 15 is 0 Å². The number of ether oxygens (including phenoxy) is 2. The average molecular weight is 328 g/mol. The first-order chi connectivity index (χ1) is 11.5. The quantitative estimate of drug-likeness (QED) is 0.751. The fourth-order valence-corrected chi connectivity index (χ4v) is 2.82. The average Bonchev–Trinajstić information content (AvgIpc) is 2.58. The second kappa shape index (κ2) is 8.60. The molecule has 0 spiro atoms. The van der Waals surface area contributed by atoms with Crippen LogP contribution in [0.1, 0.15) is 23.1 Å². The molecule has 0 aliphatic rings. The molecule has 2 rings (SSSR count). The highest BCUT2D eigenvalue weighted by molar-refractivity contribution is 5.47. The number of anilines is 1. The largest absolute Gasteiger partial charge is 0.493 e. The third-order valence-corrected chi connectivity index (χ3v) is 4.24. The second-order valence-corrected chi connectivity index (χ2v) is 6.22. The Morgan fingerprint density at radius 3 is 2.33 bits per heavy atom. The SMILES string of the molecule is COc1ccc(CN(C)CCCc2ccc(N)c(C)c2)cc1OC. The molecule has 4 nitrogen and oxygen atoms in total. The van der Waals surface area contributed by atoms with Crippen LogP contribution in [0.3, 0.4) is 0 Å². The summed E-state index contributed by atoms with van der Waals surface area (Å²) in [6, 6.07) is 12.4. The summed E-state index contributed by atoms with van der Waals surface area (Å²) in [5.41, 5.74) is 10.5. The topological polar surface area (TPSA) is 47.7 Å². The minimum atomic E-state index is 0.766. The molecule has 0 heterocycles. The lowest BCUT2D eigenvalue weighted by Gasteiger charge is -2.18. The molecule has 2 N–H and O–H groups in total. The van der Waals surface area contributed by atoms with Crippen LogP contribution in [0.25, 0.3) is 0 Å². The number of benzene rings is 2. The molecule has 0 atom stereocenters. The minimum Gasteiger partial charge on any atom is -0.493 e. The lowest BCUT2D eigenvalue weighted by atomic mass is 10.1. The molecule has 0 unspecified atom stereocenters. The number of hydrogen-bond acceptors (Lipinski definition) is 4. The van der Waals surface area contributed by atoms with Crippen molar-refractivity contribution in [2.45, 2.75) is 26.3 Å². The number of hydrogen-bond donors (Lipinski definition) is 1. The van der Waals surface area contributed by atoms with Crippen LogP contribution in [0.15, 0.2) is 36.4 Å². The predicted octanol–water partition coefficient (Wildman–Crippen LogP) is 3.66. The summed E-state index contributed by atoms with van der Waals surface area (Å²) in [4.78, 5) is 2.32. The normalized spacial score (nSPS) is 10.9. The highest BCUT2D eigenvalue weighted by Crippen LogP contribution is 2.27. The Morgan fingerprint density at radius 2 is 1.67 bits per heavy atom. The van der Waals surface area contributed by atoms with Crippen molar-refractivity contribution in [2.75, 3.05) is 33.5 Å². The zero-order valence-electron chi connectivity index (χ0n) is 15.1. The van der Waals surface area contributed by atoms with Crippen molar-refractivity contribution in [2.24, 2.45) is 0 Å². The molecule has 24 heavy (non-hydrogen) atoms. The standard InChI is InChI=1S/C20H28N2O2/c1-15-12-16(7-9-18(15)21)6-5-11-22(2)14-17-8-10-19(23-3)20(13-17)24-4/h7-10,12-13H,5-6,11,14,21H2,1-4H3. The van der Waals surface area contributed by atoms with Gasteiger partial charge in [-0.3, -0.25) is 0 Å². The van der Waals surface area contributed by atoms with E-state index in [1.807, 2.05) is 18.2 Å². The molecule has 0 aliphatic carbocycles. The molecule has 0 saturated heterocycles. The molecule has 2 aromatic rings. The van der Waals surface area contributed by atoms with Crippen molar-refractivity contribution < 1.29 is 9.47 Å². The highest BCUT2D eigenvalue weighted by atomic mass is 16.5. The van der Waals surface area contributed by atoms with Crippen molar-refractivity contribution in [3.8, 4) is 11.5 Å². The van der Waals surface area contributed by atoms with Crippen molar-refractivity contribution in [3.05, 3.63) is 53.1 Å². The van der Waals surface area contributed by atoms with Gasteiger partial charge in [0.1, 0.15) is 0 Å². The van der Waals surface area contributed by atoms with Crippen molar-refractivity contribution in [3.63, 3.8) is 0 Å². The number of aryl methyl sites for hydroxylation is 2. The van der Waals surface area contributed by atoms with Crippen molar-refractivity contribution in [1.82, 2.24) is 4.90 Å². The Kier molecular flexibility index (Phi) is 6.50. The molecule has 0 saturated carbocycles. The van der Waals surface area contributed by atoms with E-state index in [0.717, 1.165) is 48.7 Å².